The number of carbonyl (C=O) groups excluding carboxylic acids is 3. The number of nitrogens with zero attached hydrogens (tertiary/aromatic N) is 3. The number of halogens is 5. The highest BCUT2D eigenvalue weighted by atomic mass is 35.5. The van der Waals surface area contributed by atoms with E-state index in [0.29, 0.717) is 48.1 Å². The largest absolute Gasteiger partial charge is 0.433 e. The molecule has 3 aliphatic rings. The molecular formula is C29H31Cl2F3N4O4. The van der Waals surface area contributed by atoms with Crippen LogP contribution in [0, 0.1) is 11.3 Å². The second-order valence-electron chi connectivity index (χ2n) is 11.6. The van der Waals surface area contributed by atoms with Crippen molar-refractivity contribution in [2.24, 2.45) is 11.3 Å². The Balaban J connectivity index is 1.42. The maximum Gasteiger partial charge on any atom is 0.433 e. The number of ketones is 1. The minimum absolute atomic E-state index is 0.116. The first-order valence-corrected chi connectivity index (χ1v) is 14.5. The van der Waals surface area contributed by atoms with Crippen molar-refractivity contribution in [3.8, 4) is 5.75 Å². The average molecular weight is 627 g/mol. The number of pyridine rings is 1. The molecule has 42 heavy (non-hydrogen) atoms. The molecule has 2 aromatic rings. The van der Waals surface area contributed by atoms with Crippen molar-refractivity contribution in [2.45, 2.75) is 50.2 Å². The van der Waals surface area contributed by atoms with Gasteiger partial charge in [0.2, 0.25) is 5.91 Å². The monoisotopic (exact) mass is 626 g/mol. The minimum atomic E-state index is -4.64. The summed E-state index contributed by atoms with van der Waals surface area (Å²) in [7, 11) is 1.45. The molecule has 3 heterocycles. The van der Waals surface area contributed by atoms with Gasteiger partial charge in [0, 0.05) is 50.5 Å². The predicted molar refractivity (Wildman–Crippen MR) is 149 cm³/mol. The van der Waals surface area contributed by atoms with Gasteiger partial charge in [0.15, 0.2) is 11.5 Å². The van der Waals surface area contributed by atoms with Crippen LogP contribution in [0.3, 0.4) is 0 Å². The van der Waals surface area contributed by atoms with Gasteiger partial charge < -0.3 is 15.0 Å². The first-order chi connectivity index (χ1) is 19.8. The van der Waals surface area contributed by atoms with Gasteiger partial charge >= 0.3 is 12.3 Å². The maximum atomic E-state index is 14.5. The summed E-state index contributed by atoms with van der Waals surface area (Å²) < 4.78 is 44.3. The number of hydrogen-bond donors (Lipinski definition) is 1. The zero-order chi connectivity index (χ0) is 30.4. The van der Waals surface area contributed by atoms with Gasteiger partial charge in [-0.15, -0.1) is 0 Å². The number of hydrogen-bond acceptors (Lipinski definition) is 6. The molecule has 5 rings (SSSR count). The van der Waals surface area contributed by atoms with Gasteiger partial charge in [-0.3, -0.25) is 14.5 Å². The number of alkyl halides is 3. The molecule has 2 atom stereocenters. The van der Waals surface area contributed by atoms with Crippen LogP contribution in [0.4, 0.5) is 18.0 Å². The SMILES string of the molecule is CN(C(=O)Oc1ccc(C(F)(F)F)nc1)[C@]1(C(=O)C2CCN(C(=O)C3(C)CC3)CC2)CNC[C@H]1c1ccc(Cl)c(Cl)c1. The Hall–Kier alpha value is -2.89. The lowest BCUT2D eigenvalue weighted by molar-refractivity contribution is -0.142. The van der Waals surface area contributed by atoms with Gasteiger partial charge in [-0.2, -0.15) is 13.2 Å². The highest BCUT2D eigenvalue weighted by Crippen LogP contribution is 2.47. The molecule has 1 aliphatic carbocycles. The number of piperidine rings is 1. The second-order valence-corrected chi connectivity index (χ2v) is 12.4. The minimum Gasteiger partial charge on any atom is -0.409 e. The van der Waals surface area contributed by atoms with Gasteiger partial charge in [0.25, 0.3) is 0 Å². The van der Waals surface area contributed by atoms with Gasteiger partial charge in [0.05, 0.1) is 16.2 Å². The number of benzene rings is 1. The quantitative estimate of drug-likeness (QED) is 0.451. The van der Waals surface area contributed by atoms with Crippen LogP contribution in [0.15, 0.2) is 36.5 Å². The Morgan fingerprint density at radius 3 is 2.36 bits per heavy atom. The van der Waals surface area contributed by atoms with Crippen LogP contribution in [0.2, 0.25) is 10.0 Å². The van der Waals surface area contributed by atoms with Gasteiger partial charge in [-0.05, 0) is 55.5 Å². The summed E-state index contributed by atoms with van der Waals surface area (Å²) in [5, 5.41) is 3.88. The topological polar surface area (TPSA) is 91.8 Å². The van der Waals surface area contributed by atoms with Crippen LogP contribution in [0.1, 0.15) is 49.8 Å². The fraction of sp³-hybridized carbons (Fsp3) is 0.517. The number of likely N-dealkylation sites (N-methyl/N-ethyl adjacent to an activating group) is 1. The van der Waals surface area contributed by atoms with Gasteiger partial charge in [0.1, 0.15) is 11.2 Å². The molecule has 1 N–H and O–H groups in total. The number of ether oxygens (including phenoxy) is 1. The summed E-state index contributed by atoms with van der Waals surface area (Å²) in [5.74, 6) is -1.23. The van der Waals surface area contributed by atoms with Crippen molar-refractivity contribution in [3.05, 3.63) is 57.8 Å². The molecule has 3 fully saturated rings. The average Bonchev–Trinajstić information content (AvgIpc) is 3.56. The third-order valence-electron chi connectivity index (χ3n) is 8.87. The van der Waals surface area contributed by atoms with Crippen molar-refractivity contribution >= 4 is 41.0 Å². The summed E-state index contributed by atoms with van der Waals surface area (Å²) in [4.78, 5) is 47.3. The summed E-state index contributed by atoms with van der Waals surface area (Å²) in [6.07, 6.45) is -2.12. The molecule has 1 saturated carbocycles. The molecule has 2 aliphatic heterocycles. The molecule has 13 heteroatoms. The van der Waals surface area contributed by atoms with Crippen molar-refractivity contribution in [3.63, 3.8) is 0 Å². The van der Waals surface area contributed by atoms with E-state index in [-0.39, 0.29) is 29.4 Å². The second kappa shape index (κ2) is 11.3. The number of Topliss-reactive ketones (excluding diaryl/α,β-unsaturated/α-hetero) is 1. The van der Waals surface area contributed by atoms with Crippen molar-refractivity contribution in [2.75, 3.05) is 33.2 Å². The first-order valence-electron chi connectivity index (χ1n) is 13.7. The van der Waals surface area contributed by atoms with Crippen LogP contribution in [0.25, 0.3) is 0 Å². The third-order valence-corrected chi connectivity index (χ3v) is 9.60. The maximum absolute atomic E-state index is 14.5. The molecule has 226 valence electrons. The summed E-state index contributed by atoms with van der Waals surface area (Å²) in [6.45, 7) is 3.30. The Labute approximate surface area is 251 Å². The Bertz CT molecular complexity index is 1380. The molecule has 1 aromatic heterocycles. The number of carbonyl (C=O) groups is 3. The van der Waals surface area contributed by atoms with E-state index in [1.54, 1.807) is 18.2 Å². The van der Waals surface area contributed by atoms with Crippen molar-refractivity contribution in [1.29, 1.82) is 0 Å². The van der Waals surface area contributed by atoms with E-state index in [1.165, 1.54) is 11.9 Å². The molecular weight excluding hydrogens is 596 g/mol. The normalized spacial score (nSPS) is 23.9. The molecule has 0 unspecified atom stereocenters. The lowest BCUT2D eigenvalue weighted by atomic mass is 9.72. The summed E-state index contributed by atoms with van der Waals surface area (Å²) in [6, 6.07) is 6.77. The first kappa shape index (κ1) is 30.6. The molecule has 0 spiro atoms. The van der Waals surface area contributed by atoms with Gasteiger partial charge in [-0.25, -0.2) is 9.78 Å². The number of nitrogens with one attached hydrogen (secondary N) is 1. The number of likely N-dealkylation sites (tertiary alicyclic amines) is 1. The molecule has 8 nitrogen and oxygen atoms in total. The smallest absolute Gasteiger partial charge is 0.409 e. The van der Waals surface area contributed by atoms with Crippen LogP contribution in [-0.2, 0) is 15.8 Å². The predicted octanol–water partition coefficient (Wildman–Crippen LogP) is 5.57. The van der Waals surface area contributed by atoms with E-state index in [2.05, 4.69) is 10.3 Å². The zero-order valence-corrected chi connectivity index (χ0v) is 24.7. The third kappa shape index (κ3) is 5.70. The summed E-state index contributed by atoms with van der Waals surface area (Å²) in [5.41, 5.74) is -2.15. The highest BCUT2D eigenvalue weighted by Gasteiger charge is 2.57. The zero-order valence-electron chi connectivity index (χ0n) is 23.1. The van der Waals surface area contributed by atoms with E-state index in [1.807, 2.05) is 11.8 Å². The van der Waals surface area contributed by atoms with Gasteiger partial charge in [-0.1, -0.05) is 36.2 Å². The Kier molecular flexibility index (Phi) is 8.23. The molecule has 2 saturated heterocycles. The summed E-state index contributed by atoms with van der Waals surface area (Å²) >= 11 is 12.5. The Morgan fingerprint density at radius 1 is 1.10 bits per heavy atom. The highest BCUT2D eigenvalue weighted by molar-refractivity contribution is 6.42. The van der Waals surface area contributed by atoms with Crippen LogP contribution in [-0.4, -0.2) is 71.3 Å². The fourth-order valence-electron chi connectivity index (χ4n) is 6.02. The van der Waals surface area contributed by atoms with Crippen LogP contribution < -0.4 is 10.1 Å². The van der Waals surface area contributed by atoms with E-state index < -0.39 is 35.3 Å². The molecule has 2 amide bonds. The standard InChI is InChI=1S/C29H31Cl2F3N4O4/c1-27(9-10-27)25(40)38-11-7-17(8-12-38)24(39)28(16-35-15-20(28)18-3-5-21(30)22(31)13-18)37(2)26(41)42-19-4-6-23(36-14-19)29(32,33)34/h3-6,13-14,17,20,35H,7-12,15-16H2,1-2H3/t20-,28+/m0/s1. The number of amides is 2. The van der Waals surface area contributed by atoms with Crippen LogP contribution >= 0.6 is 23.2 Å². The van der Waals surface area contributed by atoms with Crippen LogP contribution in [0.5, 0.6) is 5.75 Å². The number of aromatic nitrogens is 1. The van der Waals surface area contributed by atoms with E-state index in [4.69, 9.17) is 27.9 Å². The molecule has 0 radical (unpaired) electrons. The molecule has 0 bridgehead atoms. The lowest BCUT2D eigenvalue weighted by Gasteiger charge is -2.44. The lowest BCUT2D eigenvalue weighted by Crippen LogP contribution is -2.62. The molecule has 1 aromatic carbocycles. The fourth-order valence-corrected chi connectivity index (χ4v) is 6.33. The van der Waals surface area contributed by atoms with Crippen molar-refractivity contribution in [1.82, 2.24) is 20.1 Å². The number of rotatable bonds is 6. The van der Waals surface area contributed by atoms with Crippen molar-refractivity contribution < 1.29 is 32.3 Å². The van der Waals surface area contributed by atoms with E-state index >= 15 is 0 Å². The van der Waals surface area contributed by atoms with E-state index in [0.717, 1.165) is 31.2 Å². The van der Waals surface area contributed by atoms with E-state index in [9.17, 15) is 27.6 Å². The Morgan fingerprint density at radius 2 is 1.79 bits per heavy atom.